The van der Waals surface area contributed by atoms with E-state index in [1.165, 1.54) is 27.8 Å². The van der Waals surface area contributed by atoms with E-state index in [1.807, 2.05) is 110 Å². The maximum atomic E-state index is 4.18. The zero-order valence-electron chi connectivity index (χ0n) is 57.1. The highest BCUT2D eigenvalue weighted by Crippen LogP contribution is 2.15. The van der Waals surface area contributed by atoms with E-state index in [1.54, 1.807) is 74.6 Å². The van der Waals surface area contributed by atoms with Gasteiger partial charge in [0.15, 0.2) is 0 Å². The van der Waals surface area contributed by atoms with Gasteiger partial charge in [-0.15, -0.1) is 0 Å². The van der Waals surface area contributed by atoms with Gasteiger partial charge >= 0.3 is 0 Å². The molecule has 0 radical (unpaired) electrons. The summed E-state index contributed by atoms with van der Waals surface area (Å²) in [6.45, 7) is 43.5. The Labute approximate surface area is 535 Å². The van der Waals surface area contributed by atoms with Gasteiger partial charge in [0.2, 0.25) is 0 Å². The zero-order valence-corrected chi connectivity index (χ0v) is 57.1. The summed E-state index contributed by atoms with van der Waals surface area (Å²) >= 11 is 0. The minimum Gasteiger partial charge on any atom is -0.289 e. The van der Waals surface area contributed by atoms with Crippen molar-refractivity contribution < 1.29 is 0 Å². The standard InChI is InChI=1S/3C8H11N.6C7H10N2.C7H11N/c1-7(2)8-3-5-9-6-4-8;1-7(2)8-4-3-5-9-6-8;1-7(2)8-5-3-4-6-9-8;1-6(2)7-3-8-5-9-4-7;1-6(2)7-5-8-3-4-9-7;1-6(2)7-3-4-8-5-9-7;1-6(2)7-3-4-8-9-5-7;1-6(2)7-8-4-3-5-9-7;1-6(2)7-4-3-5-8-9-7;1-6(2)7-3-4-8-5-7/h3*3-7H,1-2H3;6*3-6H,1-2H3;3,5-6H,4H2,1-2H3. The summed E-state index contributed by atoms with van der Waals surface area (Å²) < 4.78 is 0. The molecule has 0 spiro atoms. The van der Waals surface area contributed by atoms with E-state index in [-0.39, 0.29) is 0 Å². The summed E-state index contributed by atoms with van der Waals surface area (Å²) in [6, 6.07) is 23.8. The molecule has 0 aromatic carbocycles. The van der Waals surface area contributed by atoms with Crippen LogP contribution in [0.15, 0.2) is 201 Å². The molecule has 89 heavy (non-hydrogen) atoms. The molecule has 16 nitrogen and oxygen atoms in total. The highest BCUT2D eigenvalue weighted by atomic mass is 15.1. The molecular weight excluding hydrogens is 1100 g/mol. The third kappa shape index (κ3) is 39.0. The van der Waals surface area contributed by atoms with Gasteiger partial charge in [0.05, 0.1) is 24.1 Å². The summed E-state index contributed by atoms with van der Waals surface area (Å²) in [6.07, 6.45) is 35.8. The van der Waals surface area contributed by atoms with Crippen molar-refractivity contribution in [3.8, 4) is 0 Å². The Bertz CT molecular complexity index is 2440. The van der Waals surface area contributed by atoms with Crippen LogP contribution in [0.4, 0.5) is 0 Å². The van der Waals surface area contributed by atoms with E-state index >= 15 is 0 Å². The third-order valence-corrected chi connectivity index (χ3v) is 12.5. The molecule has 10 heterocycles. The predicted molar refractivity (Wildman–Crippen MR) is 368 cm³/mol. The van der Waals surface area contributed by atoms with Crippen LogP contribution in [0.25, 0.3) is 0 Å². The molecule has 9 aromatic rings. The molecule has 0 unspecified atom stereocenters. The Hall–Kier alpha value is -8.66. The first kappa shape index (κ1) is 78.4. The molecule has 10 rings (SSSR count). The molecule has 0 bridgehead atoms. The van der Waals surface area contributed by atoms with Gasteiger partial charge in [-0.3, -0.25) is 29.9 Å². The summed E-state index contributed by atoms with van der Waals surface area (Å²) in [5, 5.41) is 15.1. The van der Waals surface area contributed by atoms with E-state index in [2.05, 4.69) is 231 Å². The van der Waals surface area contributed by atoms with Gasteiger partial charge in [-0.25, -0.2) is 29.9 Å². The molecule has 9 aromatic heterocycles. The lowest BCUT2D eigenvalue weighted by Gasteiger charge is -2.01. The minimum atomic E-state index is 0.436. The van der Waals surface area contributed by atoms with Crippen molar-refractivity contribution in [2.45, 2.75) is 192 Å². The maximum absolute atomic E-state index is 4.18. The molecule has 16 heteroatoms. The smallest absolute Gasteiger partial charge is 0.130 e. The number of nitrogens with zero attached hydrogens (tertiary/aromatic N) is 16. The molecule has 0 amide bonds. The van der Waals surface area contributed by atoms with Crippen LogP contribution in [0.2, 0.25) is 0 Å². The number of hydrogen-bond acceptors (Lipinski definition) is 16. The Morgan fingerprint density at radius 2 is 0.809 bits per heavy atom. The van der Waals surface area contributed by atoms with Crippen LogP contribution < -0.4 is 0 Å². The topological polar surface area (TPSA) is 206 Å². The van der Waals surface area contributed by atoms with Crippen LogP contribution in [-0.4, -0.2) is 88.0 Å². The van der Waals surface area contributed by atoms with Crippen molar-refractivity contribution in [3.63, 3.8) is 0 Å². The second-order valence-electron chi connectivity index (χ2n) is 23.4. The van der Waals surface area contributed by atoms with Crippen LogP contribution in [0.1, 0.15) is 243 Å². The molecule has 1 aliphatic rings. The molecular formula is C73H104N16. The molecule has 0 aliphatic carbocycles. The second-order valence-corrected chi connectivity index (χ2v) is 23.4. The summed E-state index contributed by atoms with van der Waals surface area (Å²) in [4.78, 5) is 48.0. The first-order valence-corrected chi connectivity index (χ1v) is 31.0. The van der Waals surface area contributed by atoms with Gasteiger partial charge in [0, 0.05) is 116 Å². The quantitative estimate of drug-likeness (QED) is 0.125. The minimum absolute atomic E-state index is 0.436. The second kappa shape index (κ2) is 48.4. The average molecular weight is 1210 g/mol. The molecule has 0 saturated carbocycles. The number of pyridine rings is 3. The van der Waals surface area contributed by atoms with Gasteiger partial charge in [-0.2, -0.15) is 20.4 Å². The van der Waals surface area contributed by atoms with E-state index in [0.29, 0.717) is 59.2 Å². The average Bonchev–Trinajstić information content (AvgIpc) is 4.15. The van der Waals surface area contributed by atoms with Crippen LogP contribution in [0.5, 0.6) is 0 Å². The fourth-order valence-electron chi connectivity index (χ4n) is 6.67. The van der Waals surface area contributed by atoms with Crippen LogP contribution in [0, 0.1) is 5.92 Å². The molecule has 1 aliphatic heterocycles. The van der Waals surface area contributed by atoms with E-state index in [4.69, 9.17) is 0 Å². The molecule has 476 valence electrons. The Morgan fingerprint density at radius 1 is 0.281 bits per heavy atom. The monoisotopic (exact) mass is 1200 g/mol. The molecule has 0 fully saturated rings. The van der Waals surface area contributed by atoms with Crippen LogP contribution >= 0.6 is 0 Å². The Kier molecular flexibility index (Phi) is 42.6. The lowest BCUT2D eigenvalue weighted by atomic mass is 10.1. The van der Waals surface area contributed by atoms with Gasteiger partial charge in [0.25, 0.3) is 0 Å². The van der Waals surface area contributed by atoms with Crippen molar-refractivity contribution >= 4 is 6.21 Å². The lowest BCUT2D eigenvalue weighted by Crippen LogP contribution is -1.93. The number of allylic oxidation sites excluding steroid dienone is 1. The third-order valence-electron chi connectivity index (χ3n) is 12.5. The normalized spacial score (nSPS) is 10.8. The molecule has 0 atom stereocenters. The molecule has 0 saturated heterocycles. The van der Waals surface area contributed by atoms with Crippen LogP contribution in [0.3, 0.4) is 0 Å². The van der Waals surface area contributed by atoms with Gasteiger partial charge in [0.1, 0.15) is 18.5 Å². The highest BCUT2D eigenvalue weighted by Gasteiger charge is 2.03. The SMILES string of the molecule is CC(C)C1=CCN=C1.CC(C)c1ccccn1.CC(C)c1cccnc1.CC(C)c1cccnn1.CC(C)c1ccncc1.CC(C)c1ccncn1.CC(C)c1ccnnc1.CC(C)c1cnccn1.CC(C)c1cncnc1.CC(C)c1ncccn1. The fourth-order valence-corrected chi connectivity index (χ4v) is 6.67. The number of hydrogen-bond donors (Lipinski definition) is 0. The Morgan fingerprint density at radius 3 is 1.13 bits per heavy atom. The van der Waals surface area contributed by atoms with Crippen molar-refractivity contribution in [2.24, 2.45) is 10.9 Å². The number of aromatic nitrogens is 15. The summed E-state index contributed by atoms with van der Waals surface area (Å²) in [5.41, 5.74) is 10.8. The van der Waals surface area contributed by atoms with Gasteiger partial charge in [-0.1, -0.05) is 157 Å². The van der Waals surface area contributed by atoms with E-state index in [0.717, 1.165) is 35.1 Å². The van der Waals surface area contributed by atoms with Gasteiger partial charge < -0.3 is 0 Å². The maximum Gasteiger partial charge on any atom is 0.130 e. The van der Waals surface area contributed by atoms with Crippen molar-refractivity contribution in [1.82, 2.24) is 75.2 Å². The highest BCUT2D eigenvalue weighted by molar-refractivity contribution is 5.81. The molecule has 0 N–H and O–H groups in total. The van der Waals surface area contributed by atoms with Crippen molar-refractivity contribution in [1.29, 1.82) is 0 Å². The largest absolute Gasteiger partial charge is 0.289 e. The van der Waals surface area contributed by atoms with Crippen molar-refractivity contribution in [2.75, 3.05) is 6.54 Å². The predicted octanol–water partition coefficient (Wildman–Crippen LogP) is 17.9. The first-order valence-electron chi connectivity index (χ1n) is 31.0. The Balaban J connectivity index is 0.000000495. The first-order chi connectivity index (χ1) is 42.5. The fraction of sp³-hybridized carbons (Fsp3) is 0.425. The van der Waals surface area contributed by atoms with Gasteiger partial charge in [-0.05, 0) is 142 Å². The van der Waals surface area contributed by atoms with Crippen LogP contribution in [-0.2, 0) is 0 Å². The lowest BCUT2D eigenvalue weighted by molar-refractivity contribution is 0.774. The van der Waals surface area contributed by atoms with E-state index in [9.17, 15) is 0 Å². The summed E-state index contributed by atoms with van der Waals surface area (Å²) in [5.74, 6) is 6.33. The van der Waals surface area contributed by atoms with Crippen molar-refractivity contribution in [3.05, 3.63) is 247 Å². The summed E-state index contributed by atoms with van der Waals surface area (Å²) in [7, 11) is 0. The zero-order chi connectivity index (χ0) is 66.2. The number of rotatable bonds is 10. The number of aliphatic imine (C=N–C) groups is 1. The van der Waals surface area contributed by atoms with E-state index < -0.39 is 0 Å².